The molecule has 0 saturated carbocycles. The number of hydrogen-bond acceptors (Lipinski definition) is 3. The number of anilines is 1. The van der Waals surface area contributed by atoms with E-state index in [0.717, 1.165) is 16.8 Å². The highest BCUT2D eigenvalue weighted by Gasteiger charge is 2.24. The number of carbonyl (C=O) groups excluding carboxylic acids is 3. The topological polar surface area (TPSA) is 87.3 Å². The minimum Gasteiger partial charge on any atom is -0.354 e. The molecule has 6 nitrogen and oxygen atoms in total. The predicted molar refractivity (Wildman–Crippen MR) is 129 cm³/mol. The van der Waals surface area contributed by atoms with E-state index in [4.69, 9.17) is 0 Å². The lowest BCUT2D eigenvalue weighted by Gasteiger charge is -2.22. The monoisotopic (exact) mass is 437 g/mol. The van der Waals surface area contributed by atoms with Gasteiger partial charge in [0.1, 0.15) is 6.04 Å². The predicted octanol–water partition coefficient (Wildman–Crippen LogP) is 4.06. The first-order valence-electron chi connectivity index (χ1n) is 11.0. The summed E-state index contributed by atoms with van der Waals surface area (Å²) in [5.74, 6) is -0.621. The smallest absolute Gasteiger partial charge is 0.251 e. The van der Waals surface area contributed by atoms with Gasteiger partial charge in [-0.2, -0.15) is 0 Å². The number of carbonyl (C=O) groups is 3. The summed E-state index contributed by atoms with van der Waals surface area (Å²) in [5.41, 5.74) is 3.49. The Kier molecular flexibility index (Phi) is 8.58. The number of rotatable bonds is 8. The minimum absolute atomic E-state index is 0.0135. The zero-order valence-electron chi connectivity index (χ0n) is 19.9. The normalized spacial score (nSPS) is 12.2. The Morgan fingerprint density at radius 2 is 1.50 bits per heavy atom. The van der Waals surface area contributed by atoms with Crippen molar-refractivity contribution in [3.05, 3.63) is 65.2 Å². The van der Waals surface area contributed by atoms with Gasteiger partial charge in [-0.25, -0.2) is 0 Å². The Labute approximate surface area is 191 Å². The van der Waals surface area contributed by atoms with E-state index in [1.807, 2.05) is 50.2 Å². The maximum atomic E-state index is 12.7. The van der Waals surface area contributed by atoms with Gasteiger partial charge in [-0.1, -0.05) is 58.9 Å². The SMILES string of the molecule is CC(=O)Nc1ccc(CCNC(=O)C(NC(=O)c2ccc(C(C)(C)C)cc2)C(C)C)cc1. The highest BCUT2D eigenvalue weighted by Crippen LogP contribution is 2.22. The summed E-state index contributed by atoms with van der Waals surface area (Å²) in [6, 6.07) is 14.4. The molecule has 1 atom stereocenters. The molecule has 172 valence electrons. The van der Waals surface area contributed by atoms with E-state index in [2.05, 4.69) is 36.7 Å². The third-order valence-corrected chi connectivity index (χ3v) is 5.24. The summed E-state index contributed by atoms with van der Waals surface area (Å²) in [6.07, 6.45) is 0.652. The van der Waals surface area contributed by atoms with Crippen molar-refractivity contribution in [2.75, 3.05) is 11.9 Å². The van der Waals surface area contributed by atoms with Crippen LogP contribution in [0.3, 0.4) is 0 Å². The van der Waals surface area contributed by atoms with Crippen LogP contribution >= 0.6 is 0 Å². The molecule has 3 N–H and O–H groups in total. The fraction of sp³-hybridized carbons (Fsp3) is 0.423. The van der Waals surface area contributed by atoms with Crippen molar-refractivity contribution in [2.24, 2.45) is 5.92 Å². The van der Waals surface area contributed by atoms with Crippen molar-refractivity contribution in [2.45, 2.75) is 59.4 Å². The van der Waals surface area contributed by atoms with Gasteiger partial charge in [-0.15, -0.1) is 0 Å². The Bertz CT molecular complexity index is 926. The lowest BCUT2D eigenvalue weighted by Crippen LogP contribution is -2.50. The summed E-state index contributed by atoms with van der Waals surface area (Å²) >= 11 is 0. The van der Waals surface area contributed by atoms with Gasteiger partial charge in [0.2, 0.25) is 11.8 Å². The summed E-state index contributed by atoms with van der Waals surface area (Å²) in [4.78, 5) is 36.5. The van der Waals surface area contributed by atoms with Crippen LogP contribution in [-0.2, 0) is 21.4 Å². The molecule has 0 spiro atoms. The molecular weight excluding hydrogens is 402 g/mol. The summed E-state index contributed by atoms with van der Waals surface area (Å²) < 4.78 is 0. The van der Waals surface area contributed by atoms with Gasteiger partial charge in [0, 0.05) is 24.7 Å². The van der Waals surface area contributed by atoms with Crippen LogP contribution in [0.5, 0.6) is 0 Å². The van der Waals surface area contributed by atoms with Crippen molar-refractivity contribution in [1.29, 1.82) is 0 Å². The Morgan fingerprint density at radius 3 is 2.00 bits per heavy atom. The van der Waals surface area contributed by atoms with E-state index < -0.39 is 6.04 Å². The largest absolute Gasteiger partial charge is 0.354 e. The second-order valence-electron chi connectivity index (χ2n) is 9.44. The van der Waals surface area contributed by atoms with Crippen molar-refractivity contribution in [3.63, 3.8) is 0 Å². The van der Waals surface area contributed by atoms with Crippen molar-refractivity contribution in [3.8, 4) is 0 Å². The third-order valence-electron chi connectivity index (χ3n) is 5.24. The van der Waals surface area contributed by atoms with Gasteiger partial charge >= 0.3 is 0 Å². The molecular formula is C26H35N3O3. The maximum Gasteiger partial charge on any atom is 0.251 e. The first-order chi connectivity index (χ1) is 15.0. The lowest BCUT2D eigenvalue weighted by molar-refractivity contribution is -0.123. The molecule has 0 aliphatic heterocycles. The van der Waals surface area contributed by atoms with Crippen molar-refractivity contribution in [1.82, 2.24) is 10.6 Å². The number of benzene rings is 2. The Morgan fingerprint density at radius 1 is 0.906 bits per heavy atom. The van der Waals surface area contributed by atoms with Crippen molar-refractivity contribution >= 4 is 23.4 Å². The second kappa shape index (κ2) is 10.9. The minimum atomic E-state index is -0.619. The summed E-state index contributed by atoms with van der Waals surface area (Å²) in [7, 11) is 0. The van der Waals surface area contributed by atoms with E-state index >= 15 is 0 Å². The maximum absolute atomic E-state index is 12.7. The fourth-order valence-corrected chi connectivity index (χ4v) is 3.28. The van der Waals surface area contributed by atoms with Gasteiger partial charge in [0.15, 0.2) is 0 Å². The lowest BCUT2D eigenvalue weighted by atomic mass is 9.86. The van der Waals surface area contributed by atoms with Gasteiger partial charge in [0.05, 0.1) is 0 Å². The molecule has 0 aliphatic rings. The van der Waals surface area contributed by atoms with E-state index in [9.17, 15) is 14.4 Å². The highest BCUT2D eigenvalue weighted by atomic mass is 16.2. The number of amides is 3. The molecule has 2 rings (SSSR count). The first-order valence-corrected chi connectivity index (χ1v) is 11.0. The van der Waals surface area contributed by atoms with Crippen molar-refractivity contribution < 1.29 is 14.4 Å². The van der Waals surface area contributed by atoms with Crippen LogP contribution in [0.25, 0.3) is 0 Å². The van der Waals surface area contributed by atoms with Crippen LogP contribution in [0, 0.1) is 5.92 Å². The molecule has 0 aromatic heterocycles. The standard InChI is InChI=1S/C26H35N3O3/c1-17(2)23(29-24(31)20-9-11-21(12-10-20)26(4,5)6)25(32)27-16-15-19-7-13-22(14-8-19)28-18(3)30/h7-14,17,23H,15-16H2,1-6H3,(H,27,32)(H,28,30)(H,29,31). The van der Waals surface area contributed by atoms with Crippen LogP contribution in [0.2, 0.25) is 0 Å². The van der Waals surface area contributed by atoms with Crippen LogP contribution in [0.15, 0.2) is 48.5 Å². The first kappa shape index (κ1) is 25.1. The number of nitrogens with one attached hydrogen (secondary N) is 3. The number of hydrogen-bond donors (Lipinski definition) is 3. The summed E-state index contributed by atoms with van der Waals surface area (Å²) in [6.45, 7) is 12.1. The average molecular weight is 438 g/mol. The molecule has 6 heteroatoms. The molecule has 2 aromatic rings. The molecule has 0 fully saturated rings. The molecule has 0 saturated heterocycles. The van der Waals surface area contributed by atoms with Crippen LogP contribution < -0.4 is 16.0 Å². The second-order valence-corrected chi connectivity index (χ2v) is 9.44. The Balaban J connectivity index is 1.91. The highest BCUT2D eigenvalue weighted by molar-refractivity contribution is 5.97. The zero-order chi connectivity index (χ0) is 23.9. The average Bonchev–Trinajstić information content (AvgIpc) is 2.71. The van der Waals surface area contributed by atoms with E-state index in [1.165, 1.54) is 6.92 Å². The van der Waals surface area contributed by atoms with E-state index in [-0.39, 0.29) is 29.1 Å². The fourth-order valence-electron chi connectivity index (χ4n) is 3.28. The van der Waals surface area contributed by atoms with Crippen LogP contribution in [0.1, 0.15) is 63.0 Å². The van der Waals surface area contributed by atoms with E-state index in [0.29, 0.717) is 18.5 Å². The molecule has 32 heavy (non-hydrogen) atoms. The molecule has 0 radical (unpaired) electrons. The molecule has 1 unspecified atom stereocenters. The molecule has 2 aromatic carbocycles. The molecule has 3 amide bonds. The molecule has 0 aliphatic carbocycles. The van der Waals surface area contributed by atoms with Crippen LogP contribution in [0.4, 0.5) is 5.69 Å². The quantitative estimate of drug-likeness (QED) is 0.582. The zero-order valence-corrected chi connectivity index (χ0v) is 19.9. The van der Waals surface area contributed by atoms with Crippen LogP contribution in [-0.4, -0.2) is 30.3 Å². The van der Waals surface area contributed by atoms with Gasteiger partial charge in [-0.05, 0) is 53.1 Å². The van der Waals surface area contributed by atoms with Gasteiger partial charge < -0.3 is 16.0 Å². The Hall–Kier alpha value is -3.15. The van der Waals surface area contributed by atoms with Gasteiger partial charge in [0.25, 0.3) is 5.91 Å². The molecule has 0 bridgehead atoms. The summed E-state index contributed by atoms with van der Waals surface area (Å²) in [5, 5.41) is 8.52. The molecule has 0 heterocycles. The van der Waals surface area contributed by atoms with E-state index in [1.54, 1.807) is 12.1 Å². The third kappa shape index (κ3) is 7.52. The van der Waals surface area contributed by atoms with Gasteiger partial charge in [-0.3, -0.25) is 14.4 Å².